The number of hydrogen-bond acceptors (Lipinski definition) is 8. The van der Waals surface area contributed by atoms with Gasteiger partial charge in [0.15, 0.2) is 0 Å². The minimum atomic E-state index is -0.335. The van der Waals surface area contributed by atoms with Crippen LogP contribution in [0.4, 0.5) is 0 Å². The van der Waals surface area contributed by atoms with Crippen LogP contribution in [-0.2, 0) is 23.9 Å². The molecule has 1 aliphatic rings. The van der Waals surface area contributed by atoms with Crippen molar-refractivity contribution >= 4 is 43.8 Å². The molecule has 0 aromatic carbocycles. The SMILES string of the molecule is CSC1CC(=O)N(CCC(=O)NCCOCCC(=O)NNCP=N)C1=O. The first-order valence-electron chi connectivity index (χ1n) is 8.06. The lowest BCUT2D eigenvalue weighted by molar-refractivity contribution is -0.138. The predicted octanol–water partition coefficient (Wildman–Crippen LogP) is -0.323. The highest BCUT2D eigenvalue weighted by atomic mass is 32.2. The smallest absolute Gasteiger partial charge is 0.242 e. The highest BCUT2D eigenvalue weighted by molar-refractivity contribution is 8.00. The topological polar surface area (TPSA) is 141 Å². The Morgan fingerprint density at radius 3 is 2.73 bits per heavy atom. The Morgan fingerprint density at radius 2 is 2.08 bits per heavy atom. The number of imide groups is 1. The third-order valence-electron chi connectivity index (χ3n) is 3.48. The van der Waals surface area contributed by atoms with E-state index in [1.54, 1.807) is 6.26 Å². The van der Waals surface area contributed by atoms with Crippen molar-refractivity contribution in [3.8, 4) is 0 Å². The number of hydrazine groups is 1. The van der Waals surface area contributed by atoms with Crippen molar-refractivity contribution in [1.29, 1.82) is 5.16 Å². The van der Waals surface area contributed by atoms with E-state index in [1.807, 2.05) is 0 Å². The molecular weight excluding hydrogens is 381 g/mol. The molecule has 0 radical (unpaired) electrons. The molecule has 1 fully saturated rings. The van der Waals surface area contributed by atoms with Crippen LogP contribution in [0.2, 0.25) is 0 Å². The fourth-order valence-electron chi connectivity index (χ4n) is 2.14. The van der Waals surface area contributed by atoms with Gasteiger partial charge in [0, 0.05) is 34.3 Å². The number of ether oxygens (including phenoxy) is 1. The summed E-state index contributed by atoms with van der Waals surface area (Å²) in [6, 6.07) is 0. The molecule has 4 amide bonds. The standard InChI is InChI=1S/C14H24N5O5PS/c1-26-10-8-13(22)19(14(10)23)5-2-11(20)16-4-7-24-6-3-12(21)18-17-9-25-15/h10,15,17H,2-9H2,1H3,(H,16,20)(H,18,21). The molecule has 0 saturated carbocycles. The van der Waals surface area contributed by atoms with Crippen molar-refractivity contribution in [2.24, 2.45) is 0 Å². The first kappa shape index (κ1) is 22.5. The van der Waals surface area contributed by atoms with E-state index in [2.05, 4.69) is 16.2 Å². The van der Waals surface area contributed by atoms with E-state index in [9.17, 15) is 19.2 Å². The predicted molar refractivity (Wildman–Crippen MR) is 97.5 cm³/mol. The van der Waals surface area contributed by atoms with Crippen LogP contribution >= 0.6 is 20.1 Å². The number of nitrogens with zero attached hydrogens (tertiary/aromatic N) is 1. The second kappa shape index (κ2) is 12.7. The summed E-state index contributed by atoms with van der Waals surface area (Å²) in [5.74, 6) is -0.964. The van der Waals surface area contributed by atoms with Crippen LogP contribution in [0.15, 0.2) is 0 Å². The lowest BCUT2D eigenvalue weighted by atomic mass is 10.3. The van der Waals surface area contributed by atoms with Gasteiger partial charge in [-0.3, -0.25) is 34.7 Å². The number of carbonyl (C=O) groups excluding carboxylic acids is 4. The van der Waals surface area contributed by atoms with Gasteiger partial charge in [-0.05, 0) is 6.26 Å². The minimum absolute atomic E-state index is 0.0575. The zero-order valence-corrected chi connectivity index (χ0v) is 16.3. The van der Waals surface area contributed by atoms with E-state index in [0.717, 1.165) is 4.90 Å². The van der Waals surface area contributed by atoms with Gasteiger partial charge in [-0.2, -0.15) is 11.8 Å². The molecule has 1 rings (SSSR count). The number of hydrogen-bond donors (Lipinski definition) is 4. The second-order valence-corrected chi connectivity index (χ2v) is 6.99. The van der Waals surface area contributed by atoms with E-state index >= 15 is 0 Å². The van der Waals surface area contributed by atoms with Crippen LogP contribution in [0, 0.1) is 5.16 Å². The van der Waals surface area contributed by atoms with Crippen LogP contribution in [0.5, 0.6) is 0 Å². The van der Waals surface area contributed by atoms with Gasteiger partial charge in [0.2, 0.25) is 23.6 Å². The number of carbonyl (C=O) groups is 4. The van der Waals surface area contributed by atoms with Gasteiger partial charge in [0.05, 0.1) is 31.2 Å². The minimum Gasteiger partial charge on any atom is -0.379 e. The lowest BCUT2D eigenvalue weighted by Gasteiger charge is -2.14. The lowest BCUT2D eigenvalue weighted by Crippen LogP contribution is -2.37. The Labute approximate surface area is 157 Å². The number of rotatable bonds is 13. The summed E-state index contributed by atoms with van der Waals surface area (Å²) < 4.78 is 5.24. The average Bonchev–Trinajstić information content (AvgIpc) is 2.89. The molecule has 10 nitrogen and oxygen atoms in total. The van der Waals surface area contributed by atoms with Gasteiger partial charge in [0.1, 0.15) is 0 Å². The van der Waals surface area contributed by atoms with Crippen LogP contribution < -0.4 is 16.2 Å². The third kappa shape index (κ3) is 8.22. The van der Waals surface area contributed by atoms with Gasteiger partial charge in [-0.1, -0.05) is 0 Å². The molecule has 0 aromatic heterocycles. The maximum Gasteiger partial charge on any atom is 0.242 e. The Bertz CT molecular complexity index is 536. The van der Waals surface area contributed by atoms with Crippen LogP contribution in [0.3, 0.4) is 0 Å². The average molecular weight is 405 g/mol. The summed E-state index contributed by atoms with van der Waals surface area (Å²) in [6.07, 6.45) is 2.56. The normalized spacial score (nSPS) is 17.0. The molecule has 0 spiro atoms. The van der Waals surface area contributed by atoms with E-state index in [1.165, 1.54) is 11.8 Å². The number of amides is 4. The quantitative estimate of drug-likeness (QED) is 0.142. The van der Waals surface area contributed by atoms with E-state index in [0.29, 0.717) is 14.7 Å². The summed E-state index contributed by atoms with van der Waals surface area (Å²) in [5.41, 5.74) is 5.01. The molecule has 4 N–H and O–H groups in total. The number of nitrogens with one attached hydrogen (secondary N) is 4. The van der Waals surface area contributed by atoms with Crippen LogP contribution in [0.25, 0.3) is 0 Å². The summed E-state index contributed by atoms with van der Waals surface area (Å²) >= 11 is 1.34. The van der Waals surface area contributed by atoms with Gasteiger partial charge >= 0.3 is 0 Å². The monoisotopic (exact) mass is 405 g/mol. The largest absolute Gasteiger partial charge is 0.379 e. The van der Waals surface area contributed by atoms with Crippen molar-refractivity contribution in [3.63, 3.8) is 0 Å². The Balaban J connectivity index is 2.05. The van der Waals surface area contributed by atoms with Gasteiger partial charge in [-0.25, -0.2) is 5.43 Å². The van der Waals surface area contributed by atoms with Gasteiger partial charge in [0.25, 0.3) is 0 Å². The summed E-state index contributed by atoms with van der Waals surface area (Å²) in [4.78, 5) is 47.8. The van der Waals surface area contributed by atoms with Crippen LogP contribution in [-0.4, -0.2) is 72.6 Å². The maximum absolute atomic E-state index is 11.9. The third-order valence-corrected chi connectivity index (χ3v) is 4.73. The van der Waals surface area contributed by atoms with E-state index in [4.69, 9.17) is 9.90 Å². The Hall–Kier alpha value is -1.55. The van der Waals surface area contributed by atoms with Crippen molar-refractivity contribution < 1.29 is 23.9 Å². The van der Waals surface area contributed by atoms with Crippen molar-refractivity contribution in [1.82, 2.24) is 21.1 Å². The molecular formula is C14H24N5O5PS. The summed E-state index contributed by atoms with van der Waals surface area (Å²) in [5, 5.41) is 9.18. The molecule has 0 bridgehead atoms. The molecule has 1 saturated heterocycles. The first-order valence-corrected chi connectivity index (χ1v) is 10.4. The molecule has 1 heterocycles. The molecule has 1 unspecified atom stereocenters. The number of thioether (sulfide) groups is 1. The molecule has 12 heteroatoms. The molecule has 26 heavy (non-hydrogen) atoms. The highest BCUT2D eigenvalue weighted by Crippen LogP contribution is 2.22. The van der Waals surface area contributed by atoms with Gasteiger partial charge < -0.3 is 10.1 Å². The molecule has 0 aliphatic carbocycles. The fraction of sp³-hybridized carbons (Fsp3) is 0.714. The molecule has 146 valence electrons. The molecule has 1 atom stereocenters. The first-order chi connectivity index (χ1) is 12.5. The Morgan fingerprint density at radius 1 is 1.31 bits per heavy atom. The summed E-state index contributed by atoms with van der Waals surface area (Å²) in [7, 11) is 0.385. The highest BCUT2D eigenvalue weighted by Gasteiger charge is 2.37. The van der Waals surface area contributed by atoms with Crippen LogP contribution in [0.1, 0.15) is 19.3 Å². The zero-order chi connectivity index (χ0) is 19.4. The number of likely N-dealkylation sites (tertiary alicyclic amines) is 1. The van der Waals surface area contributed by atoms with Crippen molar-refractivity contribution in [3.05, 3.63) is 0 Å². The fourth-order valence-corrected chi connectivity index (χ4v) is 2.94. The van der Waals surface area contributed by atoms with E-state index < -0.39 is 0 Å². The second-order valence-electron chi connectivity index (χ2n) is 5.32. The van der Waals surface area contributed by atoms with Gasteiger partial charge in [-0.15, -0.1) is 0 Å². The zero-order valence-electron chi connectivity index (χ0n) is 14.6. The maximum atomic E-state index is 11.9. The van der Waals surface area contributed by atoms with Crippen molar-refractivity contribution in [2.75, 3.05) is 38.8 Å². The molecule has 0 aromatic rings. The molecule has 1 aliphatic heterocycles. The van der Waals surface area contributed by atoms with Crippen molar-refractivity contribution in [2.45, 2.75) is 24.5 Å². The summed E-state index contributed by atoms with van der Waals surface area (Å²) in [6.45, 7) is 0.848. The Kier molecular flexibility index (Phi) is 11.0. The van der Waals surface area contributed by atoms with E-state index in [-0.39, 0.29) is 74.4 Å².